The van der Waals surface area contributed by atoms with E-state index in [1.54, 1.807) is 12.4 Å². The lowest BCUT2D eigenvalue weighted by Gasteiger charge is -2.27. The van der Waals surface area contributed by atoms with E-state index in [0.717, 1.165) is 47.0 Å². The molecule has 1 aliphatic rings. The van der Waals surface area contributed by atoms with Gasteiger partial charge in [-0.15, -0.1) is 11.8 Å². The molecule has 1 fully saturated rings. The van der Waals surface area contributed by atoms with Crippen LogP contribution in [0.15, 0.2) is 42.7 Å². The molecule has 2 aromatic heterocycles. The molecule has 3 heterocycles. The van der Waals surface area contributed by atoms with Crippen molar-refractivity contribution in [2.75, 3.05) is 25.4 Å². The number of aryl methyl sites for hydroxylation is 1. The zero-order chi connectivity index (χ0) is 25.5. The van der Waals surface area contributed by atoms with E-state index in [0.29, 0.717) is 49.9 Å². The number of carbonyl (C=O) groups is 2. The summed E-state index contributed by atoms with van der Waals surface area (Å²) in [5, 5.41) is 10.5. The smallest absolute Gasteiger partial charge is 0.316 e. The Balaban J connectivity index is 1.41. The van der Waals surface area contributed by atoms with Gasteiger partial charge in [-0.2, -0.15) is 0 Å². The van der Waals surface area contributed by atoms with Crippen LogP contribution in [0.5, 0.6) is 0 Å². The van der Waals surface area contributed by atoms with Gasteiger partial charge in [-0.25, -0.2) is 0 Å². The highest BCUT2D eigenvalue weighted by Crippen LogP contribution is 2.29. The molecule has 0 unspecified atom stereocenters. The van der Waals surface area contributed by atoms with Gasteiger partial charge in [0, 0.05) is 61.0 Å². The Hall–Kier alpha value is -2.55. The lowest BCUT2D eigenvalue weighted by Crippen LogP contribution is -2.37. The van der Waals surface area contributed by atoms with Crippen LogP contribution in [0.2, 0.25) is 5.02 Å². The summed E-state index contributed by atoms with van der Waals surface area (Å²) in [6.45, 7) is 2.27. The number of ether oxygens (including phenoxy) is 1. The number of rotatable bonds is 9. The molecule has 7 nitrogen and oxygen atoms in total. The number of thioether (sulfide) groups is 1. The standard InChI is InChI=1S/C27H32ClN3O4S/c1-30-22-10-11-29-17-21(22)25(26(32)31-12-5-9-24(27(33)34)36-15-13-31)23(30)8-2-3-14-35-18-19-6-4-7-20(28)16-19/h4,6-7,10-11,16-17,24H,2-3,5,8-9,12-15,18H2,1H3,(H,33,34)/t24-/m1/s1. The Bertz CT molecular complexity index is 1200. The van der Waals surface area contributed by atoms with Crippen LogP contribution in [0.3, 0.4) is 0 Å². The first-order valence-corrected chi connectivity index (χ1v) is 13.8. The van der Waals surface area contributed by atoms with Crippen LogP contribution in [0, 0.1) is 0 Å². The number of unbranched alkanes of at least 4 members (excludes halogenated alkanes) is 1. The number of halogens is 1. The summed E-state index contributed by atoms with van der Waals surface area (Å²) in [7, 11) is 2.00. The van der Waals surface area contributed by atoms with E-state index < -0.39 is 5.97 Å². The van der Waals surface area contributed by atoms with Gasteiger partial charge in [-0.3, -0.25) is 14.6 Å². The fourth-order valence-corrected chi connectivity index (χ4v) is 6.01. The van der Waals surface area contributed by atoms with Crippen LogP contribution in [0.1, 0.15) is 47.3 Å². The summed E-state index contributed by atoms with van der Waals surface area (Å²) in [5.74, 6) is -0.140. The first-order chi connectivity index (χ1) is 17.5. The van der Waals surface area contributed by atoms with Crippen molar-refractivity contribution in [3.63, 3.8) is 0 Å². The number of amides is 1. The molecular weight excluding hydrogens is 498 g/mol. The highest BCUT2D eigenvalue weighted by molar-refractivity contribution is 8.00. The van der Waals surface area contributed by atoms with Crippen LogP contribution in [-0.4, -0.2) is 62.1 Å². The predicted octanol–water partition coefficient (Wildman–Crippen LogP) is 5.19. The lowest BCUT2D eigenvalue weighted by atomic mass is 10.1. The van der Waals surface area contributed by atoms with Crippen LogP contribution in [0.4, 0.5) is 0 Å². The predicted molar refractivity (Wildman–Crippen MR) is 144 cm³/mol. The largest absolute Gasteiger partial charge is 0.480 e. The molecule has 1 aliphatic heterocycles. The number of aliphatic carboxylic acids is 1. The lowest BCUT2D eigenvalue weighted by molar-refractivity contribution is -0.136. The minimum atomic E-state index is -0.765. The van der Waals surface area contributed by atoms with Gasteiger partial charge < -0.3 is 19.3 Å². The molecule has 0 bridgehead atoms. The monoisotopic (exact) mass is 529 g/mol. The van der Waals surface area contributed by atoms with E-state index in [1.165, 1.54) is 11.8 Å². The molecular formula is C27H32ClN3O4S. The fraction of sp³-hybridized carbons (Fsp3) is 0.444. The molecule has 1 aromatic carbocycles. The number of benzene rings is 1. The van der Waals surface area contributed by atoms with Gasteiger partial charge in [0.25, 0.3) is 5.91 Å². The first kappa shape index (κ1) is 26.5. The summed E-state index contributed by atoms with van der Waals surface area (Å²) < 4.78 is 7.94. The van der Waals surface area contributed by atoms with Crippen molar-refractivity contribution in [3.8, 4) is 0 Å². The first-order valence-electron chi connectivity index (χ1n) is 12.3. The Labute approximate surface area is 220 Å². The molecule has 36 heavy (non-hydrogen) atoms. The number of hydrogen-bond acceptors (Lipinski definition) is 5. The van der Waals surface area contributed by atoms with Crippen LogP contribution < -0.4 is 0 Å². The number of pyridine rings is 1. The summed E-state index contributed by atoms with van der Waals surface area (Å²) in [6.07, 6.45) is 7.31. The van der Waals surface area contributed by atoms with Crippen molar-refractivity contribution < 1.29 is 19.4 Å². The highest BCUT2D eigenvalue weighted by Gasteiger charge is 2.28. The van der Waals surface area contributed by atoms with Gasteiger partial charge in [0.05, 0.1) is 17.7 Å². The molecule has 0 radical (unpaired) electrons. The number of hydrogen-bond donors (Lipinski definition) is 1. The number of carbonyl (C=O) groups excluding carboxylic acids is 1. The SMILES string of the molecule is Cn1c(CCCCOCc2cccc(Cl)c2)c(C(=O)N2CCC[C@H](C(=O)O)SCC2)c2cnccc21. The third kappa shape index (κ3) is 6.41. The van der Waals surface area contributed by atoms with Crippen molar-refractivity contribution in [2.24, 2.45) is 7.05 Å². The van der Waals surface area contributed by atoms with Gasteiger partial charge in [-0.1, -0.05) is 23.7 Å². The van der Waals surface area contributed by atoms with Gasteiger partial charge >= 0.3 is 5.97 Å². The minimum Gasteiger partial charge on any atom is -0.480 e. The maximum atomic E-state index is 13.8. The molecule has 1 N–H and O–H groups in total. The van der Waals surface area contributed by atoms with Gasteiger partial charge in [0.1, 0.15) is 5.25 Å². The van der Waals surface area contributed by atoms with E-state index >= 15 is 0 Å². The number of aromatic nitrogens is 2. The third-order valence-electron chi connectivity index (χ3n) is 6.58. The van der Waals surface area contributed by atoms with Crippen molar-refractivity contribution in [1.29, 1.82) is 0 Å². The number of fused-ring (bicyclic) bond motifs is 1. The summed E-state index contributed by atoms with van der Waals surface area (Å²) >= 11 is 7.46. The zero-order valence-electron chi connectivity index (χ0n) is 20.5. The molecule has 3 aromatic rings. The number of carboxylic acids is 1. The highest BCUT2D eigenvalue weighted by atomic mass is 35.5. The summed E-state index contributed by atoms with van der Waals surface area (Å²) in [5.41, 5.74) is 3.78. The molecule has 192 valence electrons. The van der Waals surface area contributed by atoms with E-state index in [2.05, 4.69) is 9.55 Å². The summed E-state index contributed by atoms with van der Waals surface area (Å²) in [6, 6.07) is 9.63. The Morgan fingerprint density at radius 1 is 1.25 bits per heavy atom. The fourth-order valence-electron chi connectivity index (χ4n) is 4.71. The van der Waals surface area contributed by atoms with Crippen LogP contribution >= 0.6 is 23.4 Å². The van der Waals surface area contributed by atoms with E-state index in [-0.39, 0.29) is 11.2 Å². The summed E-state index contributed by atoms with van der Waals surface area (Å²) in [4.78, 5) is 31.3. The van der Waals surface area contributed by atoms with Crippen molar-refractivity contribution in [2.45, 2.75) is 44.0 Å². The molecule has 1 saturated heterocycles. The van der Waals surface area contributed by atoms with Gasteiger partial charge in [-0.05, 0) is 55.9 Å². The Morgan fingerprint density at radius 3 is 2.92 bits per heavy atom. The Kier molecular flexibility index (Phi) is 9.29. The van der Waals surface area contributed by atoms with Crippen molar-refractivity contribution >= 4 is 46.1 Å². The van der Waals surface area contributed by atoms with E-state index in [1.807, 2.05) is 42.3 Å². The number of carboxylic acid groups (broad SMARTS) is 1. The van der Waals surface area contributed by atoms with Gasteiger partial charge in [0.15, 0.2) is 0 Å². The quantitative estimate of drug-likeness (QED) is 0.384. The van der Waals surface area contributed by atoms with E-state index in [4.69, 9.17) is 16.3 Å². The molecule has 1 atom stereocenters. The van der Waals surface area contributed by atoms with Crippen LogP contribution in [-0.2, 0) is 29.6 Å². The van der Waals surface area contributed by atoms with Crippen LogP contribution in [0.25, 0.3) is 10.9 Å². The second kappa shape index (κ2) is 12.6. The molecule has 4 rings (SSSR count). The Morgan fingerprint density at radius 2 is 2.11 bits per heavy atom. The third-order valence-corrected chi connectivity index (χ3v) is 8.08. The topological polar surface area (TPSA) is 84.7 Å². The maximum absolute atomic E-state index is 13.8. The van der Waals surface area contributed by atoms with Crippen molar-refractivity contribution in [1.82, 2.24) is 14.5 Å². The van der Waals surface area contributed by atoms with E-state index in [9.17, 15) is 14.7 Å². The minimum absolute atomic E-state index is 0.00943. The number of nitrogens with zero attached hydrogens (tertiary/aromatic N) is 3. The maximum Gasteiger partial charge on any atom is 0.316 e. The second-order valence-corrected chi connectivity index (χ2v) is 10.8. The average Bonchev–Trinajstić information content (AvgIpc) is 3.12. The second-order valence-electron chi connectivity index (χ2n) is 9.05. The molecule has 9 heteroatoms. The molecule has 1 amide bonds. The molecule has 0 aliphatic carbocycles. The molecule has 0 saturated carbocycles. The molecule has 0 spiro atoms. The zero-order valence-corrected chi connectivity index (χ0v) is 22.1. The normalized spacial score (nSPS) is 16.6. The van der Waals surface area contributed by atoms with Crippen molar-refractivity contribution in [3.05, 3.63) is 64.6 Å². The van der Waals surface area contributed by atoms with Gasteiger partial charge in [0.2, 0.25) is 0 Å². The average molecular weight is 530 g/mol.